The Hall–Kier alpha value is -1.84. The molecule has 1 aromatic rings. The summed E-state index contributed by atoms with van der Waals surface area (Å²) in [5, 5.41) is 0. The number of nitrogens with zero attached hydrogens (tertiary/aromatic N) is 1. The maximum atomic E-state index is 14.1. The summed E-state index contributed by atoms with van der Waals surface area (Å²) in [5.41, 5.74) is 2.68. The monoisotopic (exact) mass is 315 g/mol. The summed E-state index contributed by atoms with van der Waals surface area (Å²) in [6, 6.07) is 2.15. The van der Waals surface area contributed by atoms with Crippen LogP contribution in [0, 0.1) is 23.5 Å². The van der Waals surface area contributed by atoms with Crippen molar-refractivity contribution >= 4 is 11.5 Å². The zero-order valence-electron chi connectivity index (χ0n) is 13.5. The fourth-order valence-corrected chi connectivity index (χ4v) is 4.65. The highest BCUT2D eigenvalue weighted by atomic mass is 19.1. The van der Waals surface area contributed by atoms with E-state index in [0.717, 1.165) is 11.8 Å². The van der Waals surface area contributed by atoms with Gasteiger partial charge in [0.2, 0.25) is 0 Å². The summed E-state index contributed by atoms with van der Waals surface area (Å²) in [6.07, 6.45) is 3.42. The topological polar surface area (TPSA) is 29.4 Å². The Morgan fingerprint density at radius 3 is 2.70 bits per heavy atom. The fraction of sp³-hybridized carbons (Fsp3) is 0.474. The molecular formula is C19H19F2NO. The molecular weight excluding hydrogens is 296 g/mol. The third-order valence-electron chi connectivity index (χ3n) is 5.44. The summed E-state index contributed by atoms with van der Waals surface area (Å²) >= 11 is 0. The molecule has 3 unspecified atom stereocenters. The maximum Gasteiger partial charge on any atom is 0.170 e. The van der Waals surface area contributed by atoms with Gasteiger partial charge in [0.25, 0.3) is 0 Å². The first kappa shape index (κ1) is 14.7. The number of carbonyl (C=O) groups is 1. The predicted octanol–water partition coefficient (Wildman–Crippen LogP) is 4.45. The van der Waals surface area contributed by atoms with Gasteiger partial charge in [0.1, 0.15) is 11.6 Å². The molecule has 1 fully saturated rings. The number of allylic oxidation sites excluding steroid dienone is 1. The van der Waals surface area contributed by atoms with Crippen molar-refractivity contribution < 1.29 is 13.6 Å². The largest absolute Gasteiger partial charge is 0.294 e. The molecule has 0 radical (unpaired) electrons. The number of benzene rings is 1. The molecule has 1 aliphatic heterocycles. The number of rotatable bonds is 0. The van der Waals surface area contributed by atoms with Crippen LogP contribution in [0.5, 0.6) is 0 Å². The lowest BCUT2D eigenvalue weighted by atomic mass is 9.69. The molecule has 4 rings (SSSR count). The van der Waals surface area contributed by atoms with Gasteiger partial charge in [-0.3, -0.25) is 9.79 Å². The first-order valence-electron chi connectivity index (χ1n) is 8.08. The van der Waals surface area contributed by atoms with Crippen molar-refractivity contribution in [1.82, 2.24) is 0 Å². The van der Waals surface area contributed by atoms with Gasteiger partial charge in [-0.2, -0.15) is 0 Å². The average molecular weight is 315 g/mol. The Morgan fingerprint density at radius 2 is 1.96 bits per heavy atom. The normalized spacial score (nSPS) is 31.0. The molecule has 2 nitrogen and oxygen atoms in total. The molecule has 0 N–H and O–H groups in total. The maximum absolute atomic E-state index is 14.1. The predicted molar refractivity (Wildman–Crippen MR) is 84.9 cm³/mol. The lowest BCUT2D eigenvalue weighted by Gasteiger charge is -2.38. The SMILES string of the molecule is CC1=CC(C)(C)N=C2CC3C(=O)c4c(F)cc(F)cc4C3CC12. The molecule has 1 saturated carbocycles. The Labute approximate surface area is 134 Å². The number of ketones is 1. The van der Waals surface area contributed by atoms with E-state index in [9.17, 15) is 13.6 Å². The third kappa shape index (κ3) is 2.11. The van der Waals surface area contributed by atoms with Crippen LogP contribution in [-0.2, 0) is 0 Å². The minimum atomic E-state index is -0.725. The number of carbonyl (C=O) groups excluding carboxylic acids is 1. The molecule has 0 saturated heterocycles. The van der Waals surface area contributed by atoms with Crippen LogP contribution in [0.1, 0.15) is 55.5 Å². The summed E-state index contributed by atoms with van der Waals surface area (Å²) in [6.45, 7) is 6.18. The first-order valence-corrected chi connectivity index (χ1v) is 8.08. The second-order valence-electron chi connectivity index (χ2n) is 7.57. The number of fused-ring (bicyclic) bond motifs is 4. The quantitative estimate of drug-likeness (QED) is 0.650. The number of aliphatic imine (C=N–C) groups is 1. The molecule has 0 amide bonds. The Kier molecular flexibility index (Phi) is 2.94. The van der Waals surface area contributed by atoms with Crippen molar-refractivity contribution in [3.8, 4) is 0 Å². The van der Waals surface area contributed by atoms with Gasteiger partial charge < -0.3 is 0 Å². The van der Waals surface area contributed by atoms with Gasteiger partial charge in [0.15, 0.2) is 5.78 Å². The van der Waals surface area contributed by atoms with E-state index in [4.69, 9.17) is 4.99 Å². The van der Waals surface area contributed by atoms with Crippen LogP contribution < -0.4 is 0 Å². The highest BCUT2D eigenvalue weighted by Crippen LogP contribution is 2.50. The lowest BCUT2D eigenvalue weighted by molar-refractivity contribution is 0.0913. The van der Waals surface area contributed by atoms with Crippen LogP contribution in [0.4, 0.5) is 8.78 Å². The van der Waals surface area contributed by atoms with E-state index in [1.807, 2.05) is 13.8 Å². The van der Waals surface area contributed by atoms with Crippen molar-refractivity contribution in [3.05, 3.63) is 46.5 Å². The van der Waals surface area contributed by atoms with Gasteiger partial charge in [0, 0.05) is 23.6 Å². The number of hydrogen-bond donors (Lipinski definition) is 0. The van der Waals surface area contributed by atoms with E-state index in [1.165, 1.54) is 11.6 Å². The molecule has 0 bridgehead atoms. The summed E-state index contributed by atoms with van der Waals surface area (Å²) < 4.78 is 27.7. The number of halogens is 2. The summed E-state index contributed by atoms with van der Waals surface area (Å²) in [7, 11) is 0. The zero-order valence-corrected chi connectivity index (χ0v) is 13.5. The van der Waals surface area contributed by atoms with E-state index in [2.05, 4.69) is 13.0 Å². The number of hydrogen-bond acceptors (Lipinski definition) is 2. The molecule has 3 atom stereocenters. The van der Waals surface area contributed by atoms with Crippen molar-refractivity contribution in [2.75, 3.05) is 0 Å². The Bertz CT molecular complexity index is 791. The van der Waals surface area contributed by atoms with Crippen LogP contribution in [0.3, 0.4) is 0 Å². The Morgan fingerprint density at radius 1 is 1.22 bits per heavy atom. The van der Waals surface area contributed by atoms with E-state index >= 15 is 0 Å². The molecule has 0 spiro atoms. The van der Waals surface area contributed by atoms with Crippen molar-refractivity contribution in [1.29, 1.82) is 0 Å². The van der Waals surface area contributed by atoms with E-state index in [0.29, 0.717) is 18.4 Å². The van der Waals surface area contributed by atoms with Gasteiger partial charge >= 0.3 is 0 Å². The van der Waals surface area contributed by atoms with E-state index in [1.54, 1.807) is 0 Å². The zero-order chi connectivity index (χ0) is 16.5. The van der Waals surface area contributed by atoms with E-state index < -0.39 is 11.6 Å². The molecule has 2 aliphatic carbocycles. The highest BCUT2D eigenvalue weighted by molar-refractivity contribution is 6.07. The molecule has 23 heavy (non-hydrogen) atoms. The van der Waals surface area contributed by atoms with Crippen molar-refractivity contribution in [2.45, 2.75) is 45.1 Å². The lowest BCUT2D eigenvalue weighted by Crippen LogP contribution is -2.37. The van der Waals surface area contributed by atoms with Crippen molar-refractivity contribution in [2.24, 2.45) is 16.8 Å². The van der Waals surface area contributed by atoms with E-state index in [-0.39, 0.29) is 34.6 Å². The standard InChI is InChI=1S/C19H19F2NO/c1-9-8-19(2,3)22-16-7-14-12(6-11(9)16)13-4-10(20)5-15(21)17(13)18(14)23/h4-5,8,11-12,14H,6-7H2,1-3H3. The third-order valence-corrected chi connectivity index (χ3v) is 5.44. The van der Waals surface area contributed by atoms with Crippen LogP contribution in [0.25, 0.3) is 0 Å². The molecule has 0 aromatic heterocycles. The van der Waals surface area contributed by atoms with Crippen LogP contribution in [0.2, 0.25) is 0 Å². The molecule has 120 valence electrons. The second-order valence-corrected chi connectivity index (χ2v) is 7.57. The first-order chi connectivity index (χ1) is 10.8. The number of Topliss-reactive ketones (excluding diaryl/α,β-unsaturated/α-hetero) is 1. The average Bonchev–Trinajstić information content (AvgIpc) is 2.69. The minimum Gasteiger partial charge on any atom is -0.294 e. The minimum absolute atomic E-state index is 0.0986. The van der Waals surface area contributed by atoms with Gasteiger partial charge in [-0.1, -0.05) is 11.6 Å². The fourth-order valence-electron chi connectivity index (χ4n) is 4.65. The smallest absolute Gasteiger partial charge is 0.170 e. The summed E-state index contributed by atoms with van der Waals surface area (Å²) in [4.78, 5) is 17.5. The van der Waals surface area contributed by atoms with Gasteiger partial charge in [-0.15, -0.1) is 0 Å². The number of dihydropyridines is 1. The highest BCUT2D eigenvalue weighted by Gasteiger charge is 2.48. The van der Waals surface area contributed by atoms with Gasteiger partial charge in [0.05, 0.1) is 11.1 Å². The van der Waals surface area contributed by atoms with Crippen molar-refractivity contribution in [3.63, 3.8) is 0 Å². The molecule has 1 aromatic carbocycles. The summed E-state index contributed by atoms with van der Waals surface area (Å²) in [5.74, 6) is -1.72. The van der Waals surface area contributed by atoms with Crippen LogP contribution in [0.15, 0.2) is 28.8 Å². The van der Waals surface area contributed by atoms with Crippen LogP contribution in [-0.4, -0.2) is 17.0 Å². The van der Waals surface area contributed by atoms with Gasteiger partial charge in [-0.25, -0.2) is 8.78 Å². The molecule has 4 heteroatoms. The molecule has 3 aliphatic rings. The van der Waals surface area contributed by atoms with Crippen LogP contribution >= 0.6 is 0 Å². The molecule has 1 heterocycles. The second kappa shape index (κ2) is 4.59. The van der Waals surface area contributed by atoms with Gasteiger partial charge in [-0.05, 0) is 51.2 Å². The Balaban J connectivity index is 1.80.